The van der Waals surface area contributed by atoms with Crippen molar-refractivity contribution in [2.24, 2.45) is 11.8 Å². The Bertz CT molecular complexity index is 388. The molecule has 0 aromatic heterocycles. The molecule has 4 heterocycles. The van der Waals surface area contributed by atoms with Gasteiger partial charge in [0.1, 0.15) is 0 Å². The van der Waals surface area contributed by atoms with E-state index in [2.05, 4.69) is 0 Å². The molecule has 4 saturated heterocycles. The molecule has 0 aromatic carbocycles. The van der Waals surface area contributed by atoms with Crippen LogP contribution in [0.5, 0.6) is 0 Å². The molecule has 138 valence electrons. The Hall–Kier alpha value is -0.240. The molecule has 0 aromatic rings. The summed E-state index contributed by atoms with van der Waals surface area (Å²) in [4.78, 5) is 0. The van der Waals surface area contributed by atoms with Crippen molar-refractivity contribution in [1.82, 2.24) is 0 Å². The van der Waals surface area contributed by atoms with Crippen LogP contribution in [0.25, 0.3) is 0 Å². The number of aliphatic hydroxyl groups is 2. The van der Waals surface area contributed by atoms with Gasteiger partial charge in [-0.2, -0.15) is 0 Å². The maximum atomic E-state index is 11.0. The summed E-state index contributed by atoms with van der Waals surface area (Å²) in [5.41, 5.74) is 0. The van der Waals surface area contributed by atoms with Crippen molar-refractivity contribution < 1.29 is 29.2 Å². The van der Waals surface area contributed by atoms with Crippen LogP contribution in [0.1, 0.15) is 38.5 Å². The van der Waals surface area contributed by atoms with E-state index in [9.17, 15) is 10.2 Å². The molecule has 6 heteroatoms. The molecule has 0 aliphatic carbocycles. The summed E-state index contributed by atoms with van der Waals surface area (Å²) in [5.74, 6) is 0.00952. The molecule has 4 fully saturated rings. The minimum Gasteiger partial charge on any atom is -0.393 e. The first kappa shape index (κ1) is 17.2. The van der Waals surface area contributed by atoms with E-state index in [0.717, 1.165) is 65.0 Å². The van der Waals surface area contributed by atoms with Gasteiger partial charge in [0.15, 0.2) is 0 Å². The van der Waals surface area contributed by atoms with Crippen molar-refractivity contribution in [3.63, 3.8) is 0 Å². The van der Waals surface area contributed by atoms with Crippen LogP contribution in [-0.4, -0.2) is 73.3 Å². The van der Waals surface area contributed by atoms with E-state index in [0.29, 0.717) is 6.10 Å². The van der Waals surface area contributed by atoms with Crippen LogP contribution in [-0.2, 0) is 18.9 Å². The molecule has 0 spiro atoms. The van der Waals surface area contributed by atoms with E-state index < -0.39 is 12.2 Å². The van der Waals surface area contributed by atoms with Crippen LogP contribution >= 0.6 is 0 Å². The fourth-order valence-corrected chi connectivity index (χ4v) is 3.84. The maximum Gasteiger partial charge on any atom is 0.0814 e. The zero-order valence-corrected chi connectivity index (χ0v) is 14.2. The molecule has 0 saturated carbocycles. The summed E-state index contributed by atoms with van der Waals surface area (Å²) in [6, 6.07) is 0. The zero-order chi connectivity index (χ0) is 16.5. The van der Waals surface area contributed by atoms with Crippen molar-refractivity contribution >= 4 is 0 Å². The average Bonchev–Trinajstić information content (AvgIpc) is 3.40. The first-order valence-electron chi connectivity index (χ1n) is 9.51. The Balaban J connectivity index is 1.32. The SMILES string of the molecule is OC(CCCC1CO1)C(CC1CO1)C(O)C(CC1CO1)CC1CO1. The van der Waals surface area contributed by atoms with Crippen LogP contribution < -0.4 is 0 Å². The highest BCUT2D eigenvalue weighted by molar-refractivity contribution is 4.91. The van der Waals surface area contributed by atoms with Gasteiger partial charge in [0.2, 0.25) is 0 Å². The molecular formula is C18H30O6. The number of hydrogen-bond donors (Lipinski definition) is 2. The van der Waals surface area contributed by atoms with Gasteiger partial charge in [0.25, 0.3) is 0 Å². The van der Waals surface area contributed by atoms with Crippen molar-refractivity contribution in [3.05, 3.63) is 0 Å². The summed E-state index contributed by atoms with van der Waals surface area (Å²) in [7, 11) is 0. The fourth-order valence-electron chi connectivity index (χ4n) is 3.84. The van der Waals surface area contributed by atoms with E-state index in [1.54, 1.807) is 0 Å². The topological polar surface area (TPSA) is 90.6 Å². The Kier molecular flexibility index (Phi) is 5.41. The Morgan fingerprint density at radius 1 is 0.750 bits per heavy atom. The third-order valence-corrected chi connectivity index (χ3v) is 5.72. The molecule has 24 heavy (non-hydrogen) atoms. The molecule has 4 aliphatic rings. The van der Waals surface area contributed by atoms with Crippen LogP contribution in [0.15, 0.2) is 0 Å². The third-order valence-electron chi connectivity index (χ3n) is 5.72. The van der Waals surface area contributed by atoms with Crippen LogP contribution in [0.3, 0.4) is 0 Å². The average molecular weight is 342 g/mol. The molecule has 0 bridgehead atoms. The predicted octanol–water partition coefficient (Wildman–Crippen LogP) is 0.876. The summed E-state index contributed by atoms with van der Waals surface area (Å²) in [6.45, 7) is 3.22. The number of ether oxygens (including phenoxy) is 4. The third kappa shape index (κ3) is 5.38. The van der Waals surface area contributed by atoms with Gasteiger partial charge in [0, 0.05) is 5.92 Å². The lowest BCUT2D eigenvalue weighted by molar-refractivity contribution is -0.0360. The number of epoxide rings is 4. The molecule has 2 N–H and O–H groups in total. The number of rotatable bonds is 13. The second-order valence-electron chi connectivity index (χ2n) is 7.94. The smallest absolute Gasteiger partial charge is 0.0814 e. The zero-order valence-electron chi connectivity index (χ0n) is 14.2. The molecule has 0 radical (unpaired) electrons. The highest BCUT2D eigenvalue weighted by Gasteiger charge is 2.42. The van der Waals surface area contributed by atoms with Crippen LogP contribution in [0.2, 0.25) is 0 Å². The Morgan fingerprint density at radius 3 is 1.75 bits per heavy atom. The Labute approximate surface area is 143 Å². The van der Waals surface area contributed by atoms with E-state index in [4.69, 9.17) is 18.9 Å². The van der Waals surface area contributed by atoms with Gasteiger partial charge < -0.3 is 29.2 Å². The number of aliphatic hydroxyl groups excluding tert-OH is 2. The van der Waals surface area contributed by atoms with Crippen molar-refractivity contribution in [3.8, 4) is 0 Å². The minimum atomic E-state index is -0.519. The predicted molar refractivity (Wildman–Crippen MR) is 85.7 cm³/mol. The van der Waals surface area contributed by atoms with Gasteiger partial charge in [-0.05, 0) is 44.4 Å². The van der Waals surface area contributed by atoms with Gasteiger partial charge in [0.05, 0.1) is 63.1 Å². The molecule has 6 nitrogen and oxygen atoms in total. The van der Waals surface area contributed by atoms with Gasteiger partial charge in [-0.3, -0.25) is 0 Å². The molecule has 7 atom stereocenters. The summed E-state index contributed by atoms with van der Waals surface area (Å²) in [6.07, 6.45) is 5.34. The summed E-state index contributed by atoms with van der Waals surface area (Å²) in [5, 5.41) is 21.8. The largest absolute Gasteiger partial charge is 0.393 e. The second kappa shape index (κ2) is 7.56. The lowest BCUT2D eigenvalue weighted by Gasteiger charge is -2.32. The lowest BCUT2D eigenvalue weighted by atomic mass is 9.79. The first-order chi connectivity index (χ1) is 11.7. The quantitative estimate of drug-likeness (QED) is 0.483. The number of hydrogen-bond acceptors (Lipinski definition) is 6. The van der Waals surface area contributed by atoms with E-state index in [1.807, 2.05) is 0 Å². The van der Waals surface area contributed by atoms with Crippen molar-refractivity contribution in [2.75, 3.05) is 26.4 Å². The minimum absolute atomic E-state index is 0.125. The molecule has 4 rings (SSSR count). The van der Waals surface area contributed by atoms with Gasteiger partial charge in [-0.25, -0.2) is 0 Å². The van der Waals surface area contributed by atoms with Crippen molar-refractivity contribution in [2.45, 2.75) is 75.1 Å². The standard InChI is InChI=1S/C18H30O6/c19-17(3-1-2-12-7-21-12)16(6-15-10-24-15)18(20)11(4-13-8-22-13)5-14-9-23-14/h11-20H,1-10H2. The summed E-state index contributed by atoms with van der Waals surface area (Å²) < 4.78 is 21.3. The molecule has 0 amide bonds. The van der Waals surface area contributed by atoms with Crippen molar-refractivity contribution in [1.29, 1.82) is 0 Å². The monoisotopic (exact) mass is 342 g/mol. The lowest BCUT2D eigenvalue weighted by Crippen LogP contribution is -2.39. The van der Waals surface area contributed by atoms with Gasteiger partial charge >= 0.3 is 0 Å². The van der Waals surface area contributed by atoms with Gasteiger partial charge in [-0.15, -0.1) is 0 Å². The molecular weight excluding hydrogens is 312 g/mol. The highest BCUT2D eigenvalue weighted by atomic mass is 16.6. The molecule has 7 unspecified atom stereocenters. The van der Waals surface area contributed by atoms with Gasteiger partial charge in [-0.1, -0.05) is 0 Å². The highest BCUT2D eigenvalue weighted by Crippen LogP contribution is 2.36. The fraction of sp³-hybridized carbons (Fsp3) is 1.00. The molecule has 4 aliphatic heterocycles. The van der Waals surface area contributed by atoms with Crippen LogP contribution in [0.4, 0.5) is 0 Å². The first-order valence-corrected chi connectivity index (χ1v) is 9.51. The van der Waals surface area contributed by atoms with E-state index in [-0.39, 0.29) is 30.1 Å². The van der Waals surface area contributed by atoms with Crippen LogP contribution in [0, 0.1) is 11.8 Å². The van der Waals surface area contributed by atoms with E-state index in [1.165, 1.54) is 0 Å². The van der Waals surface area contributed by atoms with E-state index >= 15 is 0 Å². The summed E-state index contributed by atoms with van der Waals surface area (Å²) >= 11 is 0. The second-order valence-corrected chi connectivity index (χ2v) is 7.94. The normalized spacial score (nSPS) is 38.2. The maximum absolute atomic E-state index is 11.0. The Morgan fingerprint density at radius 2 is 1.25 bits per heavy atom.